The lowest BCUT2D eigenvalue weighted by Gasteiger charge is -2.34. The minimum atomic E-state index is -0.430. The van der Waals surface area contributed by atoms with Gasteiger partial charge in [0.2, 0.25) is 5.91 Å². The summed E-state index contributed by atoms with van der Waals surface area (Å²) in [5.74, 6) is -0.320. The second-order valence-corrected chi connectivity index (χ2v) is 8.90. The molecule has 2 fully saturated rings. The first-order valence-electron chi connectivity index (χ1n) is 12.0. The van der Waals surface area contributed by atoms with Gasteiger partial charge in [0.15, 0.2) is 0 Å². The van der Waals surface area contributed by atoms with Crippen LogP contribution in [-0.4, -0.2) is 67.1 Å². The molecule has 3 heterocycles. The average Bonchev–Trinajstić information content (AvgIpc) is 3.36. The molecule has 0 spiro atoms. The number of amides is 1. The zero-order chi connectivity index (χ0) is 23.0. The van der Waals surface area contributed by atoms with Gasteiger partial charge < -0.3 is 19.9 Å². The fraction of sp³-hybridized carbons (Fsp3) is 0.500. The van der Waals surface area contributed by atoms with E-state index in [1.165, 1.54) is 12.8 Å². The van der Waals surface area contributed by atoms with Gasteiger partial charge in [0, 0.05) is 56.2 Å². The van der Waals surface area contributed by atoms with Gasteiger partial charge >= 0.3 is 5.97 Å². The number of nitrogens with zero attached hydrogens (tertiary/aromatic N) is 3. The monoisotopic (exact) mass is 450 g/mol. The number of likely N-dealkylation sites (tertiary alicyclic amines) is 1. The predicted octanol–water partition coefficient (Wildman–Crippen LogP) is 2.59. The average molecular weight is 451 g/mol. The van der Waals surface area contributed by atoms with Crippen molar-refractivity contribution in [1.82, 2.24) is 15.2 Å². The molecule has 33 heavy (non-hydrogen) atoms. The molecule has 4 rings (SSSR count). The molecule has 1 aromatic heterocycles. The molecular weight excluding hydrogens is 416 g/mol. The number of nitrogens with one attached hydrogen (secondary N) is 1. The molecule has 0 unspecified atom stereocenters. The highest BCUT2D eigenvalue weighted by atomic mass is 16.5. The number of methoxy groups -OCH3 is 1. The molecule has 2 aliphatic rings. The van der Waals surface area contributed by atoms with Crippen molar-refractivity contribution in [2.75, 3.05) is 38.2 Å². The first kappa shape index (κ1) is 23.2. The molecule has 2 aliphatic heterocycles. The number of carbonyl (C=O) groups is 2. The van der Waals surface area contributed by atoms with Crippen molar-refractivity contribution >= 4 is 17.6 Å². The maximum Gasteiger partial charge on any atom is 0.328 e. The standard InChI is InChI=1S/C26H34N4O3/c1-33-26(32)24-6-4-16-30(24)25(31)19-20-7-9-23(10-8-20)29-17-12-22(13-18-29)28-15-11-21-5-2-3-14-27-21/h2-3,5,7-10,14,22,24,28H,4,6,11-13,15-19H2,1H3/t24-/m0/s1. The number of ether oxygens (including phenoxy) is 1. The summed E-state index contributed by atoms with van der Waals surface area (Å²) in [6.45, 7) is 3.63. The third-order valence-corrected chi connectivity index (χ3v) is 6.74. The van der Waals surface area contributed by atoms with Crippen LogP contribution in [0.2, 0.25) is 0 Å². The number of anilines is 1. The van der Waals surface area contributed by atoms with Crippen molar-refractivity contribution in [2.45, 2.75) is 50.6 Å². The number of esters is 1. The van der Waals surface area contributed by atoms with Crippen molar-refractivity contribution in [3.63, 3.8) is 0 Å². The normalized spacial score (nSPS) is 19.0. The van der Waals surface area contributed by atoms with Gasteiger partial charge in [-0.15, -0.1) is 0 Å². The van der Waals surface area contributed by atoms with Crippen molar-refractivity contribution < 1.29 is 14.3 Å². The Labute approximate surface area is 196 Å². The van der Waals surface area contributed by atoms with Crippen LogP contribution in [0, 0.1) is 0 Å². The zero-order valence-corrected chi connectivity index (χ0v) is 19.4. The summed E-state index contributed by atoms with van der Waals surface area (Å²) in [6, 6.07) is 14.5. The van der Waals surface area contributed by atoms with Crippen LogP contribution in [0.3, 0.4) is 0 Å². The number of piperidine rings is 1. The van der Waals surface area contributed by atoms with Crippen molar-refractivity contribution in [1.29, 1.82) is 0 Å². The fourth-order valence-electron chi connectivity index (χ4n) is 4.84. The van der Waals surface area contributed by atoms with E-state index in [0.29, 0.717) is 25.4 Å². The maximum absolute atomic E-state index is 12.7. The van der Waals surface area contributed by atoms with Crippen molar-refractivity contribution in [3.05, 3.63) is 59.9 Å². The van der Waals surface area contributed by atoms with Crippen molar-refractivity contribution in [2.24, 2.45) is 0 Å². The fourth-order valence-corrected chi connectivity index (χ4v) is 4.84. The van der Waals surface area contributed by atoms with Crippen LogP contribution in [-0.2, 0) is 27.2 Å². The number of aromatic nitrogens is 1. The van der Waals surface area contributed by atoms with E-state index < -0.39 is 6.04 Å². The van der Waals surface area contributed by atoms with Gasteiger partial charge in [-0.2, -0.15) is 0 Å². The van der Waals surface area contributed by atoms with Crippen LogP contribution in [0.25, 0.3) is 0 Å². The van der Waals surface area contributed by atoms with Crippen molar-refractivity contribution in [3.8, 4) is 0 Å². The third kappa shape index (κ3) is 6.11. The summed E-state index contributed by atoms with van der Waals surface area (Å²) in [7, 11) is 1.38. The molecule has 1 amide bonds. The van der Waals surface area contributed by atoms with E-state index in [1.807, 2.05) is 30.5 Å². The van der Waals surface area contributed by atoms with Crippen LogP contribution in [0.15, 0.2) is 48.7 Å². The van der Waals surface area contributed by atoms with Gasteiger partial charge in [0.05, 0.1) is 13.5 Å². The summed E-state index contributed by atoms with van der Waals surface area (Å²) in [5.41, 5.74) is 3.31. The Morgan fingerprint density at radius 2 is 1.85 bits per heavy atom. The number of hydrogen-bond donors (Lipinski definition) is 1. The summed E-state index contributed by atoms with van der Waals surface area (Å²) >= 11 is 0. The number of rotatable bonds is 8. The molecule has 0 aliphatic carbocycles. The topological polar surface area (TPSA) is 74.8 Å². The smallest absolute Gasteiger partial charge is 0.328 e. The largest absolute Gasteiger partial charge is 0.467 e. The lowest BCUT2D eigenvalue weighted by atomic mass is 10.0. The second kappa shape index (κ2) is 11.3. The SMILES string of the molecule is COC(=O)[C@@H]1CCCN1C(=O)Cc1ccc(N2CCC(NCCc3ccccn3)CC2)cc1. The van der Waals surface area contributed by atoms with Gasteiger partial charge in [-0.1, -0.05) is 18.2 Å². The van der Waals surface area contributed by atoms with E-state index >= 15 is 0 Å². The molecule has 1 atom stereocenters. The van der Waals surface area contributed by atoms with Crippen LogP contribution in [0.1, 0.15) is 36.9 Å². The Morgan fingerprint density at radius 1 is 1.06 bits per heavy atom. The molecule has 2 aromatic rings. The molecule has 0 radical (unpaired) electrons. The van der Waals surface area contributed by atoms with E-state index in [1.54, 1.807) is 4.90 Å². The Morgan fingerprint density at radius 3 is 2.55 bits per heavy atom. The number of carbonyl (C=O) groups excluding carboxylic acids is 2. The number of hydrogen-bond acceptors (Lipinski definition) is 6. The highest BCUT2D eigenvalue weighted by Crippen LogP contribution is 2.23. The molecule has 1 aromatic carbocycles. The zero-order valence-electron chi connectivity index (χ0n) is 19.4. The minimum absolute atomic E-state index is 0.00626. The summed E-state index contributed by atoms with van der Waals surface area (Å²) in [5, 5.41) is 3.67. The molecule has 0 bridgehead atoms. The summed E-state index contributed by atoms with van der Waals surface area (Å²) < 4.78 is 4.85. The molecular formula is C26H34N4O3. The highest BCUT2D eigenvalue weighted by molar-refractivity contribution is 5.86. The van der Waals surface area contributed by atoms with E-state index in [4.69, 9.17) is 4.74 Å². The maximum atomic E-state index is 12.7. The van der Waals surface area contributed by atoms with Gasteiger partial charge in [-0.05, 0) is 55.5 Å². The van der Waals surface area contributed by atoms with E-state index in [-0.39, 0.29) is 11.9 Å². The van der Waals surface area contributed by atoms with Gasteiger partial charge in [-0.3, -0.25) is 9.78 Å². The lowest BCUT2D eigenvalue weighted by Crippen LogP contribution is -2.43. The van der Waals surface area contributed by atoms with E-state index in [2.05, 4.69) is 33.4 Å². The Kier molecular flexibility index (Phi) is 7.94. The molecule has 7 heteroatoms. The van der Waals surface area contributed by atoms with Gasteiger partial charge in [0.1, 0.15) is 6.04 Å². The Hall–Kier alpha value is -2.93. The first-order chi connectivity index (χ1) is 16.1. The molecule has 7 nitrogen and oxygen atoms in total. The molecule has 1 N–H and O–H groups in total. The Balaban J connectivity index is 1.22. The van der Waals surface area contributed by atoms with E-state index in [0.717, 1.165) is 56.6 Å². The highest BCUT2D eigenvalue weighted by Gasteiger charge is 2.34. The van der Waals surface area contributed by atoms with Gasteiger partial charge in [-0.25, -0.2) is 4.79 Å². The minimum Gasteiger partial charge on any atom is -0.467 e. The first-order valence-corrected chi connectivity index (χ1v) is 12.0. The van der Waals surface area contributed by atoms with Crippen LogP contribution in [0.5, 0.6) is 0 Å². The number of pyridine rings is 1. The van der Waals surface area contributed by atoms with Gasteiger partial charge in [0.25, 0.3) is 0 Å². The summed E-state index contributed by atoms with van der Waals surface area (Å²) in [4.78, 5) is 33.1. The van der Waals surface area contributed by atoms with Crippen LogP contribution < -0.4 is 10.2 Å². The second-order valence-electron chi connectivity index (χ2n) is 8.90. The van der Waals surface area contributed by atoms with E-state index in [9.17, 15) is 9.59 Å². The lowest BCUT2D eigenvalue weighted by molar-refractivity contribution is -0.150. The number of benzene rings is 1. The third-order valence-electron chi connectivity index (χ3n) is 6.74. The summed E-state index contributed by atoms with van der Waals surface area (Å²) in [6.07, 6.45) is 6.89. The molecule has 2 saturated heterocycles. The van der Waals surface area contributed by atoms with Crippen LogP contribution in [0.4, 0.5) is 5.69 Å². The quantitative estimate of drug-likeness (QED) is 0.623. The molecule has 176 valence electrons. The predicted molar refractivity (Wildman–Crippen MR) is 128 cm³/mol. The van der Waals surface area contributed by atoms with Crippen LogP contribution >= 0.6 is 0 Å². The Bertz CT molecular complexity index is 911. The molecule has 0 saturated carbocycles.